The molecule has 0 saturated carbocycles. The number of Topliss-reactive ketones (excluding diaryl/α,β-unsaturated/α-hetero) is 1. The Balaban J connectivity index is 1.95. The molecular weight excluding hydrogens is 336 g/mol. The van der Waals surface area contributed by atoms with Crippen LogP contribution in [0.1, 0.15) is 46.8 Å². The van der Waals surface area contributed by atoms with E-state index < -0.39 is 0 Å². The molecule has 4 heteroatoms. The van der Waals surface area contributed by atoms with Gasteiger partial charge in [0.1, 0.15) is 0 Å². The first-order valence-corrected chi connectivity index (χ1v) is 9.07. The fourth-order valence-electron chi connectivity index (χ4n) is 2.76. The number of carbonyl (C=O) groups excluding carboxylic acids is 2. The maximum atomic E-state index is 12.6. The molecule has 0 aliphatic heterocycles. The number of rotatable bonds is 9. The normalized spacial score (nSPS) is 10.1. The minimum Gasteiger partial charge on any atom is -0.335 e. The number of amides is 1. The highest BCUT2D eigenvalue weighted by molar-refractivity contribution is 5.98. The summed E-state index contributed by atoms with van der Waals surface area (Å²) in [5.41, 5.74) is 3.34. The highest BCUT2D eigenvalue weighted by Crippen LogP contribution is 2.12. The maximum Gasteiger partial charge on any atom is 0.223 e. The van der Waals surface area contributed by atoms with Crippen LogP contribution in [0, 0.1) is 11.3 Å². The lowest BCUT2D eigenvalue weighted by Gasteiger charge is -2.21. The Labute approximate surface area is 160 Å². The number of benzene rings is 2. The highest BCUT2D eigenvalue weighted by atomic mass is 16.2. The summed E-state index contributed by atoms with van der Waals surface area (Å²) in [7, 11) is 0. The Morgan fingerprint density at radius 3 is 2.22 bits per heavy atom. The van der Waals surface area contributed by atoms with Crippen molar-refractivity contribution in [1.29, 1.82) is 5.26 Å². The molecular formula is C23H24N2O2. The summed E-state index contributed by atoms with van der Waals surface area (Å²) in [4.78, 5) is 26.6. The summed E-state index contributed by atoms with van der Waals surface area (Å²) in [6, 6.07) is 16.8. The van der Waals surface area contributed by atoms with Crippen molar-refractivity contribution in [2.24, 2.45) is 0 Å². The summed E-state index contributed by atoms with van der Waals surface area (Å²) in [5, 5.41) is 8.87. The van der Waals surface area contributed by atoms with Crippen molar-refractivity contribution in [3.05, 3.63) is 83.4 Å². The quantitative estimate of drug-likeness (QED) is 0.495. The van der Waals surface area contributed by atoms with Gasteiger partial charge in [0.2, 0.25) is 5.91 Å². The van der Waals surface area contributed by atoms with Crippen LogP contribution in [0.25, 0.3) is 0 Å². The maximum absolute atomic E-state index is 12.6. The van der Waals surface area contributed by atoms with Gasteiger partial charge in [0.25, 0.3) is 0 Å². The summed E-state index contributed by atoms with van der Waals surface area (Å²) >= 11 is 0. The van der Waals surface area contributed by atoms with Crippen molar-refractivity contribution in [2.75, 3.05) is 6.54 Å². The topological polar surface area (TPSA) is 61.2 Å². The molecule has 0 unspecified atom stereocenters. The van der Waals surface area contributed by atoms with E-state index in [1.54, 1.807) is 23.1 Å². The number of ketones is 1. The van der Waals surface area contributed by atoms with E-state index in [0.717, 1.165) is 12.0 Å². The van der Waals surface area contributed by atoms with Crippen LogP contribution in [0.2, 0.25) is 0 Å². The zero-order valence-corrected chi connectivity index (χ0v) is 15.6. The van der Waals surface area contributed by atoms with E-state index in [1.807, 2.05) is 36.4 Å². The molecule has 2 aromatic rings. The Hall–Kier alpha value is -3.19. The van der Waals surface area contributed by atoms with E-state index in [2.05, 4.69) is 19.6 Å². The largest absolute Gasteiger partial charge is 0.335 e. The monoisotopic (exact) mass is 360 g/mol. The summed E-state index contributed by atoms with van der Waals surface area (Å²) in [6.07, 6.45) is 2.95. The van der Waals surface area contributed by atoms with Crippen LogP contribution in [0.5, 0.6) is 0 Å². The second kappa shape index (κ2) is 10.1. The van der Waals surface area contributed by atoms with Crippen molar-refractivity contribution in [3.63, 3.8) is 0 Å². The van der Waals surface area contributed by atoms with Gasteiger partial charge in [-0.15, -0.1) is 6.58 Å². The van der Waals surface area contributed by atoms with E-state index in [1.165, 1.54) is 5.56 Å². The third-order valence-electron chi connectivity index (χ3n) is 4.41. The molecule has 2 rings (SSSR count). The molecule has 0 saturated heterocycles. The fourth-order valence-corrected chi connectivity index (χ4v) is 2.76. The number of hydrogen-bond acceptors (Lipinski definition) is 3. The first-order valence-electron chi connectivity index (χ1n) is 9.07. The molecule has 0 N–H and O–H groups in total. The molecule has 27 heavy (non-hydrogen) atoms. The van der Waals surface area contributed by atoms with Crippen molar-refractivity contribution in [2.45, 2.75) is 32.7 Å². The van der Waals surface area contributed by atoms with Crippen molar-refractivity contribution in [3.8, 4) is 6.07 Å². The van der Waals surface area contributed by atoms with Crippen LogP contribution in [0.15, 0.2) is 61.2 Å². The SMILES string of the molecule is C=CCN(Cc1ccc(C#N)cc1)C(=O)CCC(=O)c1ccc(CC)cc1. The average molecular weight is 360 g/mol. The van der Waals surface area contributed by atoms with Crippen LogP contribution >= 0.6 is 0 Å². The Morgan fingerprint density at radius 2 is 1.67 bits per heavy atom. The molecule has 0 aliphatic rings. The molecule has 0 spiro atoms. The average Bonchev–Trinajstić information content (AvgIpc) is 2.72. The van der Waals surface area contributed by atoms with Crippen LogP contribution in [-0.2, 0) is 17.8 Å². The number of aryl methyl sites for hydroxylation is 1. The summed E-state index contributed by atoms with van der Waals surface area (Å²) in [5.74, 6) is -0.110. The van der Waals surface area contributed by atoms with E-state index >= 15 is 0 Å². The molecule has 0 aliphatic carbocycles. The molecule has 0 heterocycles. The number of hydrogen-bond donors (Lipinski definition) is 0. The van der Waals surface area contributed by atoms with E-state index in [0.29, 0.717) is 24.2 Å². The van der Waals surface area contributed by atoms with Crippen molar-refractivity contribution in [1.82, 2.24) is 4.90 Å². The smallest absolute Gasteiger partial charge is 0.223 e. The summed E-state index contributed by atoms with van der Waals surface area (Å²) in [6.45, 7) is 6.62. The Morgan fingerprint density at radius 1 is 1.04 bits per heavy atom. The van der Waals surface area contributed by atoms with E-state index in [9.17, 15) is 9.59 Å². The van der Waals surface area contributed by atoms with E-state index in [4.69, 9.17) is 5.26 Å². The Bertz CT molecular complexity index is 830. The second-order valence-corrected chi connectivity index (χ2v) is 6.35. The summed E-state index contributed by atoms with van der Waals surface area (Å²) < 4.78 is 0. The molecule has 2 aromatic carbocycles. The number of carbonyl (C=O) groups is 2. The van der Waals surface area contributed by atoms with E-state index in [-0.39, 0.29) is 24.5 Å². The van der Waals surface area contributed by atoms with Crippen LogP contribution in [0.4, 0.5) is 0 Å². The zero-order valence-electron chi connectivity index (χ0n) is 15.6. The minimum absolute atomic E-state index is 0.0251. The second-order valence-electron chi connectivity index (χ2n) is 6.35. The lowest BCUT2D eigenvalue weighted by Crippen LogP contribution is -2.31. The Kier molecular flexibility index (Phi) is 7.51. The highest BCUT2D eigenvalue weighted by Gasteiger charge is 2.15. The van der Waals surface area contributed by atoms with Gasteiger partial charge < -0.3 is 4.90 Å². The third-order valence-corrected chi connectivity index (χ3v) is 4.41. The zero-order chi connectivity index (χ0) is 19.6. The van der Waals surface area contributed by atoms with Crippen molar-refractivity contribution < 1.29 is 9.59 Å². The van der Waals surface area contributed by atoms with Gasteiger partial charge in [0.05, 0.1) is 11.6 Å². The van der Waals surface area contributed by atoms with Crippen LogP contribution in [0.3, 0.4) is 0 Å². The van der Waals surface area contributed by atoms with Gasteiger partial charge in [0, 0.05) is 31.5 Å². The molecule has 0 bridgehead atoms. The lowest BCUT2D eigenvalue weighted by molar-refractivity contribution is -0.131. The lowest BCUT2D eigenvalue weighted by atomic mass is 10.0. The van der Waals surface area contributed by atoms with Gasteiger partial charge in [0.15, 0.2) is 5.78 Å². The molecule has 0 aromatic heterocycles. The molecule has 0 radical (unpaired) electrons. The molecule has 0 fully saturated rings. The van der Waals surface area contributed by atoms with Gasteiger partial charge in [-0.2, -0.15) is 5.26 Å². The molecule has 4 nitrogen and oxygen atoms in total. The van der Waals surface area contributed by atoms with Crippen molar-refractivity contribution >= 4 is 11.7 Å². The molecule has 0 atom stereocenters. The predicted molar refractivity (Wildman–Crippen MR) is 106 cm³/mol. The first-order chi connectivity index (χ1) is 13.1. The third kappa shape index (κ3) is 5.93. The van der Waals surface area contributed by atoms with Gasteiger partial charge in [-0.1, -0.05) is 49.4 Å². The van der Waals surface area contributed by atoms with Gasteiger partial charge in [-0.25, -0.2) is 0 Å². The fraction of sp³-hybridized carbons (Fsp3) is 0.261. The first kappa shape index (κ1) is 20.1. The molecule has 138 valence electrons. The number of nitrogens with zero attached hydrogens (tertiary/aromatic N) is 2. The number of nitriles is 1. The van der Waals surface area contributed by atoms with Gasteiger partial charge in [-0.05, 0) is 29.7 Å². The van der Waals surface area contributed by atoms with Gasteiger partial charge in [-0.3, -0.25) is 9.59 Å². The standard InChI is InChI=1S/C23H24N2O2/c1-3-15-25(17-20-7-5-19(16-24)6-8-20)23(27)14-13-22(26)21-11-9-18(4-2)10-12-21/h3,5-12H,1,4,13-15,17H2,2H3. The van der Waals surface area contributed by atoms with Crippen LogP contribution < -0.4 is 0 Å². The van der Waals surface area contributed by atoms with Gasteiger partial charge >= 0.3 is 0 Å². The predicted octanol–water partition coefficient (Wildman–Crippen LogP) is 4.30. The minimum atomic E-state index is -0.0854. The van der Waals surface area contributed by atoms with Crippen LogP contribution in [-0.4, -0.2) is 23.1 Å². The molecule has 1 amide bonds.